The fourth-order valence-corrected chi connectivity index (χ4v) is 3.88. The molecule has 2 amide bonds. The third-order valence-electron chi connectivity index (χ3n) is 5.46. The van der Waals surface area contributed by atoms with E-state index in [2.05, 4.69) is 5.32 Å². The molecule has 3 aromatic rings. The van der Waals surface area contributed by atoms with Crippen LogP contribution in [0.5, 0.6) is 0 Å². The Morgan fingerprint density at radius 3 is 2.03 bits per heavy atom. The second kappa shape index (κ2) is 9.40. The van der Waals surface area contributed by atoms with Crippen molar-refractivity contribution in [1.82, 2.24) is 10.2 Å². The average molecular weight is 442 g/mol. The standard InChI is InChI=1S/C26H22N2O5/c29-21(30)15-27-25(32)22-24(31)23(20-9-5-2-6-10-20)28(26(22)33)16-17-11-13-19(14-12-17)18-7-3-1-4-8-18/h1-14,23,31H,15-16H2,(H,27,32)(H,29,30). The SMILES string of the molecule is O=C(O)CNC(=O)C1=C(O)C(c2ccccc2)N(Cc2ccc(-c3ccccc3)cc2)C1=O. The number of amides is 2. The van der Waals surface area contributed by atoms with Gasteiger partial charge in [-0.05, 0) is 22.3 Å². The molecule has 1 atom stereocenters. The van der Waals surface area contributed by atoms with E-state index in [4.69, 9.17) is 5.11 Å². The highest BCUT2D eigenvalue weighted by molar-refractivity contribution is 6.20. The monoisotopic (exact) mass is 442 g/mol. The summed E-state index contributed by atoms with van der Waals surface area (Å²) in [5.74, 6) is -3.21. The molecule has 7 nitrogen and oxygen atoms in total. The summed E-state index contributed by atoms with van der Waals surface area (Å²) >= 11 is 0. The average Bonchev–Trinajstić information content (AvgIpc) is 3.08. The normalized spacial score (nSPS) is 15.6. The zero-order chi connectivity index (χ0) is 23.4. The number of nitrogens with zero attached hydrogens (tertiary/aromatic N) is 1. The highest BCUT2D eigenvalue weighted by Gasteiger charge is 2.43. The van der Waals surface area contributed by atoms with Gasteiger partial charge in [-0.1, -0.05) is 84.9 Å². The Labute approximate surface area is 190 Å². The first-order chi connectivity index (χ1) is 16.0. The lowest BCUT2D eigenvalue weighted by atomic mass is 10.0. The van der Waals surface area contributed by atoms with Crippen molar-refractivity contribution in [1.29, 1.82) is 0 Å². The van der Waals surface area contributed by atoms with Crippen molar-refractivity contribution in [2.75, 3.05) is 6.54 Å². The van der Waals surface area contributed by atoms with Gasteiger partial charge in [0.25, 0.3) is 11.8 Å². The first-order valence-electron chi connectivity index (χ1n) is 10.4. The van der Waals surface area contributed by atoms with Crippen molar-refractivity contribution in [3.63, 3.8) is 0 Å². The minimum absolute atomic E-state index is 0.160. The van der Waals surface area contributed by atoms with Gasteiger partial charge in [0.15, 0.2) is 0 Å². The van der Waals surface area contributed by atoms with E-state index < -0.39 is 41.7 Å². The molecule has 0 fully saturated rings. The Morgan fingerprint density at radius 1 is 0.848 bits per heavy atom. The molecule has 4 rings (SSSR count). The number of benzene rings is 3. The van der Waals surface area contributed by atoms with Crippen LogP contribution >= 0.6 is 0 Å². The van der Waals surface area contributed by atoms with Gasteiger partial charge in [0, 0.05) is 6.54 Å². The number of hydrogen-bond donors (Lipinski definition) is 3. The predicted octanol–water partition coefficient (Wildman–Crippen LogP) is 3.45. The summed E-state index contributed by atoms with van der Waals surface area (Å²) in [4.78, 5) is 37.9. The highest BCUT2D eigenvalue weighted by atomic mass is 16.4. The Kier molecular flexibility index (Phi) is 6.22. The van der Waals surface area contributed by atoms with Gasteiger partial charge >= 0.3 is 5.97 Å². The first-order valence-corrected chi connectivity index (χ1v) is 10.4. The first kappa shape index (κ1) is 21.8. The number of rotatable bonds is 7. The maximum Gasteiger partial charge on any atom is 0.322 e. The Bertz CT molecular complexity index is 1200. The van der Waals surface area contributed by atoms with Crippen LogP contribution in [-0.2, 0) is 20.9 Å². The molecule has 3 N–H and O–H groups in total. The zero-order valence-corrected chi connectivity index (χ0v) is 17.6. The van der Waals surface area contributed by atoms with Crippen molar-refractivity contribution in [3.8, 4) is 11.1 Å². The van der Waals surface area contributed by atoms with Crippen LogP contribution in [0.1, 0.15) is 17.2 Å². The second-order valence-electron chi connectivity index (χ2n) is 7.65. The third-order valence-corrected chi connectivity index (χ3v) is 5.46. The van der Waals surface area contributed by atoms with Gasteiger partial charge < -0.3 is 20.4 Å². The highest BCUT2D eigenvalue weighted by Crippen LogP contribution is 2.37. The molecule has 1 aliphatic rings. The van der Waals surface area contributed by atoms with Crippen LogP contribution in [0.3, 0.4) is 0 Å². The molecule has 0 bridgehead atoms. The van der Waals surface area contributed by atoms with Crippen LogP contribution in [0.2, 0.25) is 0 Å². The lowest BCUT2D eigenvalue weighted by molar-refractivity contribution is -0.138. The molecule has 3 aromatic carbocycles. The van der Waals surface area contributed by atoms with Crippen LogP contribution in [-0.4, -0.2) is 39.4 Å². The van der Waals surface area contributed by atoms with Crippen molar-refractivity contribution < 1.29 is 24.6 Å². The van der Waals surface area contributed by atoms with Crippen LogP contribution < -0.4 is 5.32 Å². The van der Waals surface area contributed by atoms with Crippen LogP contribution in [0.15, 0.2) is 96.3 Å². The Balaban J connectivity index is 1.63. The molecule has 0 radical (unpaired) electrons. The molecule has 0 aromatic heterocycles. The summed E-state index contributed by atoms with van der Waals surface area (Å²) in [6, 6.07) is 25.6. The van der Waals surface area contributed by atoms with E-state index in [0.717, 1.165) is 16.7 Å². The molecular formula is C26H22N2O5. The number of carboxylic acid groups (broad SMARTS) is 1. The van der Waals surface area contributed by atoms with Crippen molar-refractivity contribution in [2.24, 2.45) is 0 Å². The number of nitrogens with one attached hydrogen (secondary N) is 1. The van der Waals surface area contributed by atoms with E-state index in [9.17, 15) is 19.5 Å². The van der Waals surface area contributed by atoms with Crippen molar-refractivity contribution in [3.05, 3.63) is 107 Å². The maximum absolute atomic E-state index is 13.2. The number of hydrogen-bond acceptors (Lipinski definition) is 4. The summed E-state index contributed by atoms with van der Waals surface area (Å²) < 4.78 is 0. The maximum atomic E-state index is 13.2. The molecule has 166 valence electrons. The van der Waals surface area contributed by atoms with Crippen molar-refractivity contribution in [2.45, 2.75) is 12.6 Å². The summed E-state index contributed by atoms with van der Waals surface area (Å²) in [7, 11) is 0. The van der Waals surface area contributed by atoms with Crippen LogP contribution in [0, 0.1) is 0 Å². The molecule has 33 heavy (non-hydrogen) atoms. The van der Waals surface area contributed by atoms with Gasteiger partial charge in [0.2, 0.25) is 0 Å². The molecule has 0 saturated heterocycles. The van der Waals surface area contributed by atoms with E-state index in [1.165, 1.54) is 4.90 Å². The Morgan fingerprint density at radius 2 is 1.42 bits per heavy atom. The molecular weight excluding hydrogens is 420 g/mol. The summed E-state index contributed by atoms with van der Waals surface area (Å²) in [5, 5.41) is 21.9. The number of carboxylic acids is 1. The molecule has 0 saturated carbocycles. The number of aliphatic carboxylic acids is 1. The predicted molar refractivity (Wildman–Crippen MR) is 122 cm³/mol. The summed E-state index contributed by atoms with van der Waals surface area (Å²) in [6.45, 7) is -0.493. The zero-order valence-electron chi connectivity index (χ0n) is 17.6. The number of carbonyl (C=O) groups excluding carboxylic acids is 2. The molecule has 1 heterocycles. The van der Waals surface area contributed by atoms with Crippen LogP contribution in [0.25, 0.3) is 11.1 Å². The lowest BCUT2D eigenvalue weighted by Crippen LogP contribution is -2.35. The number of carbonyl (C=O) groups is 3. The fraction of sp³-hybridized carbons (Fsp3) is 0.115. The molecule has 7 heteroatoms. The molecule has 0 spiro atoms. The number of aliphatic hydroxyl groups excluding tert-OH is 1. The van der Waals surface area contributed by atoms with Crippen LogP contribution in [0.4, 0.5) is 0 Å². The quantitative estimate of drug-likeness (QED) is 0.486. The summed E-state index contributed by atoms with van der Waals surface area (Å²) in [5.41, 5.74) is 3.13. The van der Waals surface area contributed by atoms with Gasteiger partial charge in [-0.2, -0.15) is 0 Å². The van der Waals surface area contributed by atoms with Crippen molar-refractivity contribution >= 4 is 17.8 Å². The largest absolute Gasteiger partial charge is 0.509 e. The van der Waals surface area contributed by atoms with Gasteiger partial charge in [0.05, 0.1) is 0 Å². The lowest BCUT2D eigenvalue weighted by Gasteiger charge is -2.26. The number of aliphatic hydroxyl groups is 1. The van der Waals surface area contributed by atoms with E-state index in [1.54, 1.807) is 24.3 Å². The molecule has 1 unspecified atom stereocenters. The van der Waals surface area contributed by atoms with Gasteiger partial charge in [-0.15, -0.1) is 0 Å². The molecule has 1 aliphatic heterocycles. The van der Waals surface area contributed by atoms with Gasteiger partial charge in [-0.25, -0.2) is 0 Å². The smallest absolute Gasteiger partial charge is 0.322 e. The van der Waals surface area contributed by atoms with E-state index >= 15 is 0 Å². The minimum Gasteiger partial charge on any atom is -0.509 e. The Hall–Kier alpha value is -4.39. The van der Waals surface area contributed by atoms with E-state index in [0.29, 0.717) is 5.56 Å². The van der Waals surface area contributed by atoms with E-state index in [-0.39, 0.29) is 6.54 Å². The third kappa shape index (κ3) is 4.62. The second-order valence-corrected chi connectivity index (χ2v) is 7.65. The van der Waals surface area contributed by atoms with Gasteiger partial charge in [0.1, 0.15) is 23.9 Å². The fourth-order valence-electron chi connectivity index (χ4n) is 3.88. The topological polar surface area (TPSA) is 107 Å². The van der Waals surface area contributed by atoms with E-state index in [1.807, 2.05) is 60.7 Å². The van der Waals surface area contributed by atoms with Gasteiger partial charge in [-0.3, -0.25) is 14.4 Å². The summed E-state index contributed by atoms with van der Waals surface area (Å²) in [6.07, 6.45) is 0. The minimum atomic E-state index is -1.25. The molecule has 0 aliphatic carbocycles.